The van der Waals surface area contributed by atoms with Gasteiger partial charge in [-0.1, -0.05) is 75.8 Å². The highest BCUT2D eigenvalue weighted by Gasteiger charge is 2.23. The Kier molecular flexibility index (Phi) is 12.6. The van der Waals surface area contributed by atoms with Crippen LogP contribution in [0.3, 0.4) is 0 Å². The van der Waals surface area contributed by atoms with E-state index in [4.69, 9.17) is 0 Å². The topological polar surface area (TPSA) is 59.7 Å². The van der Waals surface area contributed by atoms with Crippen LogP contribution >= 0.6 is 0 Å². The summed E-state index contributed by atoms with van der Waals surface area (Å²) in [6.07, 6.45) is 11.5. The third kappa shape index (κ3) is 9.42. The number of hydrogen-bond donors (Lipinski definition) is 1. The van der Waals surface area contributed by atoms with Gasteiger partial charge < -0.3 is 19.7 Å². The Labute approximate surface area is 241 Å². The Hall–Kier alpha value is -3.28. The lowest BCUT2D eigenvalue weighted by molar-refractivity contribution is -0.142. The number of amides is 2. The Morgan fingerprint density at radius 2 is 1.52 bits per heavy atom. The van der Waals surface area contributed by atoms with Crippen LogP contribution in [-0.4, -0.2) is 59.8 Å². The van der Waals surface area contributed by atoms with E-state index in [0.717, 1.165) is 36.0 Å². The van der Waals surface area contributed by atoms with Gasteiger partial charge in [0.25, 0.3) is 0 Å². The molecule has 0 saturated heterocycles. The third-order valence-electron chi connectivity index (χ3n) is 7.75. The van der Waals surface area contributed by atoms with Crippen molar-refractivity contribution in [1.82, 2.24) is 14.8 Å². The highest BCUT2D eigenvalue weighted by atomic mass is 16.2. The fourth-order valence-electron chi connectivity index (χ4n) is 5.19. The zero-order valence-electron chi connectivity index (χ0n) is 25.4. The fourth-order valence-corrected chi connectivity index (χ4v) is 5.19. The first-order valence-electron chi connectivity index (χ1n) is 15.2. The monoisotopic (exact) mass is 546 g/mol. The predicted molar refractivity (Wildman–Crippen MR) is 168 cm³/mol. The van der Waals surface area contributed by atoms with Gasteiger partial charge >= 0.3 is 0 Å². The van der Waals surface area contributed by atoms with E-state index in [1.165, 1.54) is 43.1 Å². The highest BCUT2D eigenvalue weighted by Crippen LogP contribution is 2.20. The first-order valence-corrected chi connectivity index (χ1v) is 15.2. The SMILES string of the molecule is CCCCCCCCCC(=O)N(CC(=O)N(CCc1c[nH]c2ccccc12)Cc1ccc(N(C)C)cc1)C(C)C. The van der Waals surface area contributed by atoms with Crippen LogP contribution in [0, 0.1) is 0 Å². The van der Waals surface area contributed by atoms with E-state index >= 15 is 0 Å². The van der Waals surface area contributed by atoms with Gasteiger partial charge in [0.2, 0.25) is 11.8 Å². The number of unbranched alkanes of at least 4 members (excludes halogenated alkanes) is 6. The number of anilines is 1. The van der Waals surface area contributed by atoms with Crippen LogP contribution < -0.4 is 4.90 Å². The number of fused-ring (bicyclic) bond motifs is 1. The molecule has 0 atom stereocenters. The van der Waals surface area contributed by atoms with E-state index in [9.17, 15) is 9.59 Å². The highest BCUT2D eigenvalue weighted by molar-refractivity contribution is 5.85. The summed E-state index contributed by atoms with van der Waals surface area (Å²) in [5, 5.41) is 1.19. The minimum atomic E-state index is -0.0177. The van der Waals surface area contributed by atoms with E-state index in [2.05, 4.69) is 53.2 Å². The molecule has 0 aliphatic heterocycles. The minimum absolute atomic E-state index is 0.00172. The maximum Gasteiger partial charge on any atom is 0.242 e. The summed E-state index contributed by atoms with van der Waals surface area (Å²) >= 11 is 0. The van der Waals surface area contributed by atoms with Crippen molar-refractivity contribution in [3.8, 4) is 0 Å². The normalized spacial score (nSPS) is 11.2. The summed E-state index contributed by atoms with van der Waals surface area (Å²) in [6.45, 7) is 7.47. The third-order valence-corrected chi connectivity index (χ3v) is 7.75. The quantitative estimate of drug-likeness (QED) is 0.182. The van der Waals surface area contributed by atoms with Gasteiger partial charge in [0.05, 0.1) is 6.54 Å². The first kappa shape index (κ1) is 31.3. The second-order valence-electron chi connectivity index (χ2n) is 11.5. The average Bonchev–Trinajstić information content (AvgIpc) is 3.36. The number of carbonyl (C=O) groups excluding carboxylic acids is 2. The molecule has 0 radical (unpaired) electrons. The van der Waals surface area contributed by atoms with Crippen molar-refractivity contribution in [2.75, 3.05) is 32.1 Å². The molecule has 2 aromatic carbocycles. The molecule has 1 heterocycles. The first-order chi connectivity index (χ1) is 19.3. The Bertz CT molecular complexity index is 1180. The lowest BCUT2D eigenvalue weighted by Crippen LogP contribution is -2.46. The summed E-state index contributed by atoms with van der Waals surface area (Å²) in [7, 11) is 4.05. The van der Waals surface area contributed by atoms with Crippen molar-refractivity contribution in [1.29, 1.82) is 0 Å². The second-order valence-corrected chi connectivity index (χ2v) is 11.5. The predicted octanol–water partition coefficient (Wildman–Crippen LogP) is 7.18. The van der Waals surface area contributed by atoms with Gasteiger partial charge in [-0.15, -0.1) is 0 Å². The summed E-state index contributed by atoms with van der Waals surface area (Å²) in [5.41, 5.74) is 4.52. The van der Waals surface area contributed by atoms with Gasteiger partial charge in [0.1, 0.15) is 0 Å². The van der Waals surface area contributed by atoms with Gasteiger partial charge in [-0.2, -0.15) is 0 Å². The molecule has 0 saturated carbocycles. The zero-order valence-corrected chi connectivity index (χ0v) is 25.4. The molecular weight excluding hydrogens is 496 g/mol. The number of benzene rings is 2. The summed E-state index contributed by atoms with van der Waals surface area (Å²) in [5.74, 6) is 0.0852. The molecule has 3 rings (SSSR count). The molecule has 0 fully saturated rings. The van der Waals surface area contributed by atoms with E-state index < -0.39 is 0 Å². The number of rotatable bonds is 17. The molecular formula is C34H50N4O2. The molecule has 3 aromatic rings. The molecule has 0 bridgehead atoms. The number of nitrogens with one attached hydrogen (secondary N) is 1. The number of hydrogen-bond acceptors (Lipinski definition) is 3. The Morgan fingerprint density at radius 3 is 2.20 bits per heavy atom. The number of nitrogens with zero attached hydrogens (tertiary/aromatic N) is 3. The Balaban J connectivity index is 1.67. The minimum Gasteiger partial charge on any atom is -0.378 e. The van der Waals surface area contributed by atoms with Crippen molar-refractivity contribution in [3.05, 3.63) is 65.9 Å². The van der Waals surface area contributed by atoms with Crippen molar-refractivity contribution >= 4 is 28.4 Å². The lowest BCUT2D eigenvalue weighted by Gasteiger charge is -2.30. The smallest absolute Gasteiger partial charge is 0.242 e. The number of H-pyrrole nitrogens is 1. The number of para-hydroxylation sites is 1. The van der Waals surface area contributed by atoms with Crippen LogP contribution in [0.4, 0.5) is 5.69 Å². The van der Waals surface area contributed by atoms with Gasteiger partial charge in [-0.25, -0.2) is 0 Å². The van der Waals surface area contributed by atoms with Crippen LogP contribution in [0.1, 0.15) is 83.3 Å². The number of aromatic amines is 1. The molecule has 0 aliphatic rings. The van der Waals surface area contributed by atoms with Gasteiger partial charge in [-0.05, 0) is 56.0 Å². The Morgan fingerprint density at radius 1 is 0.850 bits per heavy atom. The van der Waals surface area contributed by atoms with Crippen LogP contribution in [-0.2, 0) is 22.6 Å². The average molecular weight is 547 g/mol. The zero-order chi connectivity index (χ0) is 28.9. The van der Waals surface area contributed by atoms with Crippen LogP contribution in [0.25, 0.3) is 10.9 Å². The van der Waals surface area contributed by atoms with Crippen molar-refractivity contribution in [3.63, 3.8) is 0 Å². The molecule has 6 nitrogen and oxygen atoms in total. The van der Waals surface area contributed by atoms with Crippen LogP contribution in [0.15, 0.2) is 54.7 Å². The molecule has 6 heteroatoms. The standard InChI is InChI=1S/C34H50N4O2/c1-6-7-8-9-10-11-12-17-33(39)38(27(2)3)26-34(40)37(25-28-18-20-30(21-19-28)36(4)5)23-22-29-24-35-32-16-14-13-15-31(29)32/h13-16,18-21,24,27,35H,6-12,17,22-23,25-26H2,1-5H3. The molecule has 1 aromatic heterocycles. The summed E-state index contributed by atoms with van der Waals surface area (Å²) < 4.78 is 0. The van der Waals surface area contributed by atoms with Gasteiger partial charge in [0.15, 0.2) is 0 Å². The van der Waals surface area contributed by atoms with Crippen LogP contribution in [0.2, 0.25) is 0 Å². The van der Waals surface area contributed by atoms with Gasteiger partial charge in [0, 0.05) is 62.4 Å². The largest absolute Gasteiger partial charge is 0.378 e. The molecule has 0 unspecified atom stereocenters. The molecule has 218 valence electrons. The summed E-state index contributed by atoms with van der Waals surface area (Å²) in [6, 6.07) is 16.6. The number of carbonyl (C=O) groups is 2. The van der Waals surface area contributed by atoms with Gasteiger partial charge in [-0.3, -0.25) is 9.59 Å². The maximum atomic E-state index is 13.8. The van der Waals surface area contributed by atoms with Crippen molar-refractivity contribution in [2.45, 2.75) is 91.1 Å². The van der Waals surface area contributed by atoms with Crippen molar-refractivity contribution < 1.29 is 9.59 Å². The van der Waals surface area contributed by atoms with Crippen LogP contribution in [0.5, 0.6) is 0 Å². The molecule has 0 aliphatic carbocycles. The molecule has 0 spiro atoms. The van der Waals surface area contributed by atoms with Crippen molar-refractivity contribution in [2.24, 2.45) is 0 Å². The van der Waals surface area contributed by atoms with E-state index in [1.807, 2.05) is 51.2 Å². The second kappa shape index (κ2) is 16.1. The van der Waals surface area contributed by atoms with E-state index in [-0.39, 0.29) is 24.4 Å². The molecule has 40 heavy (non-hydrogen) atoms. The van der Waals surface area contributed by atoms with E-state index in [1.54, 1.807) is 4.90 Å². The maximum absolute atomic E-state index is 13.8. The fraction of sp³-hybridized carbons (Fsp3) is 0.529. The molecule has 1 N–H and O–H groups in total. The lowest BCUT2D eigenvalue weighted by atomic mass is 10.1. The molecule has 2 amide bonds. The number of aromatic nitrogens is 1. The summed E-state index contributed by atoms with van der Waals surface area (Å²) in [4.78, 5) is 36.0. The van der Waals surface area contributed by atoms with E-state index in [0.29, 0.717) is 19.5 Å².